The molecule has 4 rings (SSSR count). The normalized spacial score (nSPS) is 17.8. The fourth-order valence-corrected chi connectivity index (χ4v) is 4.10. The lowest BCUT2D eigenvalue weighted by Gasteiger charge is -2.37. The Kier molecular flexibility index (Phi) is 6.86. The van der Waals surface area contributed by atoms with Gasteiger partial charge >= 0.3 is 0 Å². The van der Waals surface area contributed by atoms with Gasteiger partial charge in [-0.3, -0.25) is 4.99 Å². The lowest BCUT2D eigenvalue weighted by Crippen LogP contribution is -2.52. The van der Waals surface area contributed by atoms with Gasteiger partial charge in [-0.1, -0.05) is 18.2 Å². The van der Waals surface area contributed by atoms with Crippen LogP contribution < -0.4 is 15.1 Å². The van der Waals surface area contributed by atoms with Crippen LogP contribution in [0.25, 0.3) is 0 Å². The fourth-order valence-electron chi connectivity index (χ4n) is 4.10. The molecule has 2 aromatic rings. The van der Waals surface area contributed by atoms with Crippen LogP contribution in [0, 0.1) is 11.6 Å². The molecule has 0 amide bonds. The van der Waals surface area contributed by atoms with Crippen LogP contribution in [-0.2, 0) is 11.3 Å². The van der Waals surface area contributed by atoms with Gasteiger partial charge in [0.1, 0.15) is 11.6 Å². The molecule has 0 spiro atoms. The van der Waals surface area contributed by atoms with Crippen molar-refractivity contribution in [1.82, 2.24) is 10.2 Å². The van der Waals surface area contributed by atoms with E-state index in [0.717, 1.165) is 24.6 Å². The summed E-state index contributed by atoms with van der Waals surface area (Å²) in [7, 11) is 1.74. The first-order chi connectivity index (χ1) is 15.2. The van der Waals surface area contributed by atoms with Crippen LogP contribution in [0.4, 0.5) is 20.2 Å². The number of hydrogen-bond acceptors (Lipinski definition) is 4. The predicted molar refractivity (Wildman–Crippen MR) is 120 cm³/mol. The van der Waals surface area contributed by atoms with E-state index in [0.29, 0.717) is 57.3 Å². The number of benzene rings is 2. The molecule has 0 unspecified atom stereocenters. The van der Waals surface area contributed by atoms with Gasteiger partial charge < -0.3 is 24.8 Å². The minimum absolute atomic E-state index is 0.194. The third-order valence-electron chi connectivity index (χ3n) is 5.80. The quantitative estimate of drug-likeness (QED) is 0.598. The van der Waals surface area contributed by atoms with Crippen LogP contribution in [0.15, 0.2) is 47.5 Å². The molecule has 2 fully saturated rings. The highest BCUT2D eigenvalue weighted by Gasteiger charge is 2.21. The van der Waals surface area contributed by atoms with E-state index in [2.05, 4.69) is 20.1 Å². The molecule has 0 aromatic heterocycles. The van der Waals surface area contributed by atoms with Crippen molar-refractivity contribution in [3.05, 3.63) is 59.7 Å². The third-order valence-corrected chi connectivity index (χ3v) is 5.80. The zero-order chi connectivity index (χ0) is 21.6. The van der Waals surface area contributed by atoms with Crippen molar-refractivity contribution < 1.29 is 13.5 Å². The molecule has 1 N–H and O–H groups in total. The molecular formula is C23H29F2N5O. The van der Waals surface area contributed by atoms with Crippen LogP contribution in [0.1, 0.15) is 5.56 Å². The number of halogens is 2. The van der Waals surface area contributed by atoms with Crippen LogP contribution in [0.3, 0.4) is 0 Å². The first kappa shape index (κ1) is 21.4. The molecule has 6 nitrogen and oxygen atoms in total. The highest BCUT2D eigenvalue weighted by molar-refractivity contribution is 5.80. The second kappa shape index (κ2) is 9.96. The van der Waals surface area contributed by atoms with Crippen LogP contribution in [0.2, 0.25) is 0 Å². The standard InChI is InChI=1S/C23H29F2N5O/c1-26-23(30-10-8-28(9-11-30)21-5-3-2-4-19(21)24)27-17-18-6-7-22(20(25)16-18)29-12-14-31-15-13-29/h2-7,16H,8-15,17H2,1H3,(H,26,27). The molecular weight excluding hydrogens is 400 g/mol. The summed E-state index contributed by atoms with van der Waals surface area (Å²) < 4.78 is 34.0. The molecule has 0 aliphatic carbocycles. The topological polar surface area (TPSA) is 43.3 Å². The molecule has 2 heterocycles. The summed E-state index contributed by atoms with van der Waals surface area (Å²) in [5.74, 6) is 0.363. The van der Waals surface area contributed by atoms with E-state index in [9.17, 15) is 8.78 Å². The van der Waals surface area contributed by atoms with Gasteiger partial charge in [-0.2, -0.15) is 0 Å². The van der Waals surface area contributed by atoms with E-state index in [4.69, 9.17) is 4.74 Å². The van der Waals surface area contributed by atoms with Crippen molar-refractivity contribution in [2.24, 2.45) is 4.99 Å². The Morgan fingerprint density at radius 2 is 1.58 bits per heavy atom. The van der Waals surface area contributed by atoms with Gasteiger partial charge in [0, 0.05) is 52.9 Å². The van der Waals surface area contributed by atoms with E-state index in [-0.39, 0.29) is 11.6 Å². The zero-order valence-corrected chi connectivity index (χ0v) is 17.9. The Bertz CT molecular complexity index is 909. The molecule has 2 aliphatic heterocycles. The second-order valence-electron chi connectivity index (χ2n) is 7.71. The van der Waals surface area contributed by atoms with Gasteiger partial charge in [0.05, 0.1) is 24.6 Å². The largest absolute Gasteiger partial charge is 0.378 e. The van der Waals surface area contributed by atoms with Gasteiger partial charge in [0.15, 0.2) is 5.96 Å². The van der Waals surface area contributed by atoms with E-state index in [1.54, 1.807) is 19.2 Å². The van der Waals surface area contributed by atoms with Crippen molar-refractivity contribution in [2.45, 2.75) is 6.54 Å². The second-order valence-corrected chi connectivity index (χ2v) is 7.71. The molecule has 166 valence electrons. The molecule has 0 bridgehead atoms. The summed E-state index contributed by atoms with van der Waals surface area (Å²) in [6.07, 6.45) is 0. The molecule has 8 heteroatoms. The Morgan fingerprint density at radius 1 is 0.903 bits per heavy atom. The highest BCUT2D eigenvalue weighted by atomic mass is 19.1. The molecule has 0 radical (unpaired) electrons. The van der Waals surface area contributed by atoms with Gasteiger partial charge in [0.2, 0.25) is 0 Å². The average molecular weight is 430 g/mol. The number of nitrogens with one attached hydrogen (secondary N) is 1. The van der Waals surface area contributed by atoms with E-state index < -0.39 is 0 Å². The van der Waals surface area contributed by atoms with E-state index in [1.807, 2.05) is 29.2 Å². The Balaban J connectivity index is 1.32. The zero-order valence-electron chi connectivity index (χ0n) is 17.9. The summed E-state index contributed by atoms with van der Waals surface area (Å²) >= 11 is 0. The summed E-state index contributed by atoms with van der Waals surface area (Å²) in [5, 5.41) is 3.33. The monoisotopic (exact) mass is 429 g/mol. The number of guanidine groups is 1. The van der Waals surface area contributed by atoms with Gasteiger partial charge in [-0.05, 0) is 29.8 Å². The number of nitrogens with zero attached hydrogens (tertiary/aromatic N) is 4. The lowest BCUT2D eigenvalue weighted by molar-refractivity contribution is 0.122. The number of morpholine rings is 1. The summed E-state index contributed by atoms with van der Waals surface area (Å²) in [6, 6.07) is 12.2. The summed E-state index contributed by atoms with van der Waals surface area (Å²) in [6.45, 7) is 6.05. The van der Waals surface area contributed by atoms with E-state index in [1.165, 1.54) is 6.07 Å². The predicted octanol–water partition coefficient (Wildman–Crippen LogP) is 2.70. The van der Waals surface area contributed by atoms with E-state index >= 15 is 0 Å². The lowest BCUT2D eigenvalue weighted by atomic mass is 10.1. The fraction of sp³-hybridized carbons (Fsp3) is 0.435. The summed E-state index contributed by atoms with van der Waals surface area (Å²) in [5.41, 5.74) is 2.13. The number of rotatable bonds is 4. The Hall–Kier alpha value is -2.87. The Labute approximate surface area is 182 Å². The molecule has 2 aliphatic rings. The number of ether oxygens (including phenoxy) is 1. The van der Waals surface area contributed by atoms with Crippen molar-refractivity contribution >= 4 is 17.3 Å². The maximum Gasteiger partial charge on any atom is 0.194 e. The number of anilines is 2. The molecule has 0 saturated carbocycles. The first-order valence-corrected chi connectivity index (χ1v) is 10.7. The number of aliphatic imine (C=N–C) groups is 1. The van der Waals surface area contributed by atoms with Crippen molar-refractivity contribution in [3.8, 4) is 0 Å². The molecule has 2 saturated heterocycles. The summed E-state index contributed by atoms with van der Waals surface area (Å²) in [4.78, 5) is 10.6. The first-order valence-electron chi connectivity index (χ1n) is 10.7. The third kappa shape index (κ3) is 5.07. The van der Waals surface area contributed by atoms with Gasteiger partial charge in [-0.15, -0.1) is 0 Å². The molecule has 0 atom stereocenters. The Morgan fingerprint density at radius 3 is 2.26 bits per heavy atom. The van der Waals surface area contributed by atoms with Crippen LogP contribution >= 0.6 is 0 Å². The van der Waals surface area contributed by atoms with Crippen molar-refractivity contribution in [1.29, 1.82) is 0 Å². The number of hydrogen-bond donors (Lipinski definition) is 1. The maximum atomic E-state index is 14.6. The van der Waals surface area contributed by atoms with Gasteiger partial charge in [0.25, 0.3) is 0 Å². The van der Waals surface area contributed by atoms with Gasteiger partial charge in [-0.25, -0.2) is 8.78 Å². The van der Waals surface area contributed by atoms with Crippen LogP contribution in [0.5, 0.6) is 0 Å². The smallest absolute Gasteiger partial charge is 0.194 e. The number of piperazine rings is 1. The minimum Gasteiger partial charge on any atom is -0.378 e. The SMILES string of the molecule is CN=C(NCc1ccc(N2CCOCC2)c(F)c1)N1CCN(c2ccccc2F)CC1. The highest BCUT2D eigenvalue weighted by Crippen LogP contribution is 2.22. The van der Waals surface area contributed by atoms with Crippen molar-refractivity contribution in [3.63, 3.8) is 0 Å². The molecule has 2 aromatic carbocycles. The molecule has 31 heavy (non-hydrogen) atoms. The van der Waals surface area contributed by atoms with Crippen molar-refractivity contribution in [2.75, 3.05) is 69.3 Å². The minimum atomic E-state index is -0.213. The maximum absolute atomic E-state index is 14.6. The number of para-hydroxylation sites is 1. The van der Waals surface area contributed by atoms with Crippen LogP contribution in [-0.4, -0.2) is 70.4 Å². The average Bonchev–Trinajstić information content (AvgIpc) is 2.81.